The van der Waals surface area contributed by atoms with Crippen molar-refractivity contribution in [2.75, 3.05) is 11.9 Å². The number of amides is 1. The number of benzene rings is 1. The van der Waals surface area contributed by atoms with Crippen molar-refractivity contribution in [2.45, 2.75) is 46.1 Å². The van der Waals surface area contributed by atoms with Crippen molar-refractivity contribution in [3.8, 4) is 0 Å². The van der Waals surface area contributed by atoms with Crippen LogP contribution in [0.5, 0.6) is 0 Å². The van der Waals surface area contributed by atoms with E-state index in [4.69, 9.17) is 0 Å². The number of hydrogen-bond donors (Lipinski definition) is 2. The maximum absolute atomic E-state index is 13.1. The average molecular weight is 435 g/mol. The first-order valence-corrected chi connectivity index (χ1v) is 11.6. The van der Waals surface area contributed by atoms with E-state index in [1.54, 1.807) is 17.7 Å². The van der Waals surface area contributed by atoms with Crippen LogP contribution in [0.3, 0.4) is 0 Å². The van der Waals surface area contributed by atoms with E-state index in [-0.39, 0.29) is 17.9 Å². The van der Waals surface area contributed by atoms with Gasteiger partial charge in [0, 0.05) is 34.5 Å². The number of aryl methyl sites for hydroxylation is 1. The molecule has 7 nitrogen and oxygen atoms in total. The normalized spacial score (nSPS) is 16.1. The maximum Gasteiger partial charge on any atom is 0.226 e. The van der Waals surface area contributed by atoms with Crippen molar-refractivity contribution in [3.05, 3.63) is 41.2 Å². The fraction of sp³-hybridized carbons (Fsp3) is 0.391. The molecule has 4 aromatic rings. The summed E-state index contributed by atoms with van der Waals surface area (Å²) in [5.74, 6) is 1.15. The molecule has 5 rings (SSSR count). The van der Waals surface area contributed by atoms with Crippen molar-refractivity contribution in [1.29, 1.82) is 0 Å². The number of carbonyl (C=O) groups is 1. The number of H-pyrrole nitrogens is 1. The van der Waals surface area contributed by atoms with Gasteiger partial charge in [-0.15, -0.1) is 11.3 Å². The molecule has 0 radical (unpaired) electrons. The van der Waals surface area contributed by atoms with Gasteiger partial charge in [-0.3, -0.25) is 9.89 Å². The zero-order chi connectivity index (χ0) is 21.5. The van der Waals surface area contributed by atoms with Gasteiger partial charge in [-0.05, 0) is 63.8 Å². The number of nitrogens with zero attached hydrogens (tertiary/aromatic N) is 4. The minimum Gasteiger partial charge on any atom is -0.340 e. The van der Waals surface area contributed by atoms with Gasteiger partial charge < -0.3 is 10.2 Å². The number of anilines is 2. The fourth-order valence-electron chi connectivity index (χ4n) is 4.58. The van der Waals surface area contributed by atoms with Crippen LogP contribution in [-0.2, 0) is 17.6 Å². The van der Waals surface area contributed by atoms with Gasteiger partial charge in [-0.1, -0.05) is 0 Å². The lowest BCUT2D eigenvalue weighted by Crippen LogP contribution is -2.42. The highest BCUT2D eigenvalue weighted by Gasteiger charge is 2.31. The highest BCUT2D eigenvalue weighted by Crippen LogP contribution is 2.41. The Morgan fingerprint density at radius 2 is 2.23 bits per heavy atom. The first-order chi connectivity index (χ1) is 15.0. The highest BCUT2D eigenvalue weighted by molar-refractivity contribution is 7.19. The molecule has 1 aliphatic carbocycles. The van der Waals surface area contributed by atoms with Crippen LogP contribution in [0.15, 0.2) is 30.7 Å². The van der Waals surface area contributed by atoms with Crippen molar-refractivity contribution >= 4 is 49.9 Å². The summed E-state index contributed by atoms with van der Waals surface area (Å²) in [6.45, 7) is 6.99. The van der Waals surface area contributed by atoms with Crippen LogP contribution in [0.2, 0.25) is 0 Å². The van der Waals surface area contributed by atoms with Gasteiger partial charge in [0.2, 0.25) is 5.91 Å². The van der Waals surface area contributed by atoms with Gasteiger partial charge in [-0.25, -0.2) is 9.97 Å². The number of hydrogen-bond acceptors (Lipinski definition) is 6. The largest absolute Gasteiger partial charge is 0.340 e. The predicted molar refractivity (Wildman–Crippen MR) is 125 cm³/mol. The summed E-state index contributed by atoms with van der Waals surface area (Å²) in [6.07, 6.45) is 5.97. The molecule has 1 unspecified atom stereocenters. The molecule has 0 fully saturated rings. The number of aromatic nitrogens is 4. The number of nitrogens with one attached hydrogen (secondary N) is 2. The zero-order valence-corrected chi connectivity index (χ0v) is 18.8. The lowest BCUT2D eigenvalue weighted by Gasteiger charge is -2.31. The first-order valence-electron chi connectivity index (χ1n) is 10.8. The first kappa shape index (κ1) is 19.9. The lowest BCUT2D eigenvalue weighted by atomic mass is 9.86. The van der Waals surface area contributed by atoms with E-state index in [9.17, 15) is 4.79 Å². The Hall–Kier alpha value is -3.00. The molecule has 0 saturated carbocycles. The summed E-state index contributed by atoms with van der Waals surface area (Å²) in [6, 6.07) is 6.32. The minimum atomic E-state index is 0.0516. The van der Waals surface area contributed by atoms with E-state index < -0.39 is 0 Å². The Morgan fingerprint density at radius 1 is 1.35 bits per heavy atom. The van der Waals surface area contributed by atoms with Crippen LogP contribution in [0.1, 0.15) is 37.6 Å². The molecule has 31 heavy (non-hydrogen) atoms. The third kappa shape index (κ3) is 3.54. The Labute approximate surface area is 184 Å². The third-order valence-corrected chi connectivity index (χ3v) is 7.31. The summed E-state index contributed by atoms with van der Waals surface area (Å²) in [4.78, 5) is 26.4. The lowest BCUT2D eigenvalue weighted by molar-refractivity contribution is -0.137. The van der Waals surface area contributed by atoms with Gasteiger partial charge in [0.1, 0.15) is 17.0 Å². The Bertz CT molecular complexity index is 1260. The van der Waals surface area contributed by atoms with Crippen LogP contribution in [-0.4, -0.2) is 43.6 Å². The summed E-state index contributed by atoms with van der Waals surface area (Å²) >= 11 is 1.70. The molecule has 0 bridgehead atoms. The van der Waals surface area contributed by atoms with Gasteiger partial charge in [0.15, 0.2) is 0 Å². The molecule has 1 aliphatic rings. The zero-order valence-electron chi connectivity index (χ0n) is 18.0. The molecule has 0 saturated heterocycles. The molecule has 3 aromatic heterocycles. The summed E-state index contributed by atoms with van der Waals surface area (Å²) in [5.41, 5.74) is 3.27. The minimum absolute atomic E-state index is 0.0516. The van der Waals surface area contributed by atoms with E-state index in [1.807, 2.05) is 23.2 Å². The Morgan fingerprint density at radius 3 is 3.03 bits per heavy atom. The number of thiophene rings is 1. The fourth-order valence-corrected chi connectivity index (χ4v) is 5.85. The van der Waals surface area contributed by atoms with E-state index in [2.05, 4.69) is 52.3 Å². The molecule has 8 heteroatoms. The molecule has 0 spiro atoms. The Kier molecular flexibility index (Phi) is 5.09. The molecule has 1 amide bonds. The second-order valence-electron chi connectivity index (χ2n) is 8.36. The molecule has 2 N–H and O–H groups in total. The monoisotopic (exact) mass is 434 g/mol. The summed E-state index contributed by atoms with van der Waals surface area (Å²) in [7, 11) is 0. The predicted octanol–water partition coefficient (Wildman–Crippen LogP) is 4.67. The molecular formula is C23H26N6OS. The van der Waals surface area contributed by atoms with E-state index >= 15 is 0 Å². The van der Waals surface area contributed by atoms with Crippen LogP contribution < -0.4 is 5.32 Å². The van der Waals surface area contributed by atoms with Crippen molar-refractivity contribution in [1.82, 2.24) is 25.1 Å². The molecular weight excluding hydrogens is 408 g/mol. The second-order valence-corrected chi connectivity index (χ2v) is 9.44. The van der Waals surface area contributed by atoms with E-state index in [0.717, 1.165) is 58.4 Å². The highest BCUT2D eigenvalue weighted by atomic mass is 32.1. The smallest absolute Gasteiger partial charge is 0.226 e. The van der Waals surface area contributed by atoms with Crippen LogP contribution in [0.4, 0.5) is 11.5 Å². The van der Waals surface area contributed by atoms with Gasteiger partial charge >= 0.3 is 0 Å². The number of fused-ring (bicyclic) bond motifs is 4. The van der Waals surface area contributed by atoms with Gasteiger partial charge in [0.05, 0.1) is 17.1 Å². The quantitative estimate of drug-likeness (QED) is 0.477. The second kappa shape index (κ2) is 7.92. The van der Waals surface area contributed by atoms with Gasteiger partial charge in [-0.2, -0.15) is 5.10 Å². The van der Waals surface area contributed by atoms with Gasteiger partial charge in [0.25, 0.3) is 0 Å². The number of carbonyl (C=O) groups excluding carboxylic acids is 1. The standard InChI is InChI=1S/C23H26N6OS/c1-4-29(13(2)3)23(30)14-5-7-17-19(10-14)31-22-20(17)21(24-12-25-22)27-16-6-8-18-15(9-16)11-26-28-18/h6,8-9,11-14H,4-5,7,10H2,1-3H3,(H,26,28)(H,24,25,27). The van der Waals surface area contributed by atoms with Crippen LogP contribution >= 0.6 is 11.3 Å². The SMILES string of the molecule is CCN(C(=O)C1CCc2c(sc3ncnc(Nc4ccc5[nH]ncc5c4)c23)C1)C(C)C. The third-order valence-electron chi connectivity index (χ3n) is 6.14. The Balaban J connectivity index is 1.46. The molecule has 3 heterocycles. The average Bonchev–Trinajstić information content (AvgIpc) is 3.37. The maximum atomic E-state index is 13.1. The van der Waals surface area contributed by atoms with Crippen molar-refractivity contribution in [3.63, 3.8) is 0 Å². The van der Waals surface area contributed by atoms with Crippen molar-refractivity contribution in [2.24, 2.45) is 5.92 Å². The summed E-state index contributed by atoms with van der Waals surface area (Å²) in [5, 5.41) is 12.7. The van der Waals surface area contributed by atoms with E-state index in [0.29, 0.717) is 0 Å². The number of aromatic amines is 1. The van der Waals surface area contributed by atoms with Crippen LogP contribution in [0, 0.1) is 5.92 Å². The van der Waals surface area contributed by atoms with Crippen LogP contribution in [0.25, 0.3) is 21.1 Å². The molecule has 160 valence electrons. The molecule has 1 atom stereocenters. The molecule has 0 aliphatic heterocycles. The molecule has 1 aromatic carbocycles. The number of rotatable bonds is 5. The summed E-state index contributed by atoms with van der Waals surface area (Å²) < 4.78 is 0. The van der Waals surface area contributed by atoms with Crippen molar-refractivity contribution < 1.29 is 4.79 Å². The van der Waals surface area contributed by atoms with E-state index in [1.165, 1.54) is 10.4 Å². The topological polar surface area (TPSA) is 86.8 Å².